The summed E-state index contributed by atoms with van der Waals surface area (Å²) < 4.78 is 16.2. The number of furan rings is 1. The van der Waals surface area contributed by atoms with Gasteiger partial charge in [-0.15, -0.1) is 0 Å². The lowest BCUT2D eigenvalue weighted by atomic mass is 9.99. The van der Waals surface area contributed by atoms with Crippen LogP contribution in [0.25, 0.3) is 5.76 Å². The molecule has 7 nitrogen and oxygen atoms in total. The van der Waals surface area contributed by atoms with Crippen molar-refractivity contribution < 1.29 is 28.6 Å². The van der Waals surface area contributed by atoms with Crippen LogP contribution in [0.4, 0.5) is 0 Å². The summed E-state index contributed by atoms with van der Waals surface area (Å²) in [6, 6.07) is 9.42. The molecule has 0 spiro atoms. The SMILES string of the molecule is CCCOc1cccc(/C(O)=C2\C(=O)C(=O)N(CCCOC)C2c2ccco2)c1. The predicted molar refractivity (Wildman–Crippen MR) is 106 cm³/mol. The van der Waals surface area contributed by atoms with Gasteiger partial charge in [0.05, 0.1) is 18.4 Å². The molecule has 0 bridgehead atoms. The second-order valence-electron chi connectivity index (χ2n) is 6.73. The Kier molecular flexibility index (Phi) is 6.72. The lowest BCUT2D eigenvalue weighted by Crippen LogP contribution is -2.31. The average molecular weight is 399 g/mol. The number of likely N-dealkylation sites (tertiary alicyclic amines) is 1. The van der Waals surface area contributed by atoms with Gasteiger partial charge in [-0.2, -0.15) is 0 Å². The van der Waals surface area contributed by atoms with E-state index >= 15 is 0 Å². The van der Waals surface area contributed by atoms with Crippen LogP contribution < -0.4 is 4.74 Å². The van der Waals surface area contributed by atoms with Gasteiger partial charge >= 0.3 is 0 Å². The minimum Gasteiger partial charge on any atom is -0.507 e. The first-order valence-corrected chi connectivity index (χ1v) is 9.62. The molecule has 29 heavy (non-hydrogen) atoms. The summed E-state index contributed by atoms with van der Waals surface area (Å²) in [5, 5.41) is 11.0. The first-order valence-electron chi connectivity index (χ1n) is 9.62. The van der Waals surface area contributed by atoms with Gasteiger partial charge in [0.1, 0.15) is 23.3 Å². The van der Waals surface area contributed by atoms with Crippen molar-refractivity contribution >= 4 is 17.4 Å². The summed E-state index contributed by atoms with van der Waals surface area (Å²) in [6.45, 7) is 3.30. The Balaban J connectivity index is 2.02. The van der Waals surface area contributed by atoms with Crippen LogP contribution >= 0.6 is 0 Å². The maximum Gasteiger partial charge on any atom is 0.295 e. The number of aliphatic hydroxyl groups is 1. The van der Waals surface area contributed by atoms with Crippen LogP contribution in [0, 0.1) is 0 Å². The molecule has 7 heteroatoms. The number of hydrogen-bond donors (Lipinski definition) is 1. The van der Waals surface area contributed by atoms with Gasteiger partial charge in [-0.3, -0.25) is 9.59 Å². The van der Waals surface area contributed by atoms with Crippen molar-refractivity contribution in [2.24, 2.45) is 0 Å². The van der Waals surface area contributed by atoms with E-state index in [1.165, 1.54) is 11.2 Å². The van der Waals surface area contributed by atoms with Gasteiger partial charge in [0.2, 0.25) is 0 Å². The van der Waals surface area contributed by atoms with E-state index in [1.807, 2.05) is 6.92 Å². The summed E-state index contributed by atoms with van der Waals surface area (Å²) in [6.07, 6.45) is 2.88. The Labute approximate surface area is 169 Å². The summed E-state index contributed by atoms with van der Waals surface area (Å²) in [5.74, 6) is -0.647. The summed E-state index contributed by atoms with van der Waals surface area (Å²) in [4.78, 5) is 26.9. The molecule has 3 rings (SSSR count). The highest BCUT2D eigenvalue weighted by Gasteiger charge is 2.47. The van der Waals surface area contributed by atoms with Crippen molar-refractivity contribution in [3.8, 4) is 5.75 Å². The Morgan fingerprint density at radius 1 is 1.21 bits per heavy atom. The number of ether oxygens (including phenoxy) is 2. The van der Waals surface area contributed by atoms with Gasteiger partial charge in [-0.25, -0.2) is 0 Å². The topological polar surface area (TPSA) is 89.2 Å². The summed E-state index contributed by atoms with van der Waals surface area (Å²) >= 11 is 0. The molecule has 1 amide bonds. The quantitative estimate of drug-likeness (QED) is 0.300. The third kappa shape index (κ3) is 4.35. The Hall–Kier alpha value is -3.06. The smallest absolute Gasteiger partial charge is 0.295 e. The number of amides is 1. The fourth-order valence-corrected chi connectivity index (χ4v) is 3.34. The molecule has 1 unspecified atom stereocenters. The first kappa shape index (κ1) is 20.7. The monoisotopic (exact) mass is 399 g/mol. The number of ketones is 1. The molecular formula is C22H25NO6. The zero-order valence-electron chi connectivity index (χ0n) is 16.6. The van der Waals surface area contributed by atoms with E-state index < -0.39 is 17.7 Å². The van der Waals surface area contributed by atoms with Gasteiger partial charge in [-0.1, -0.05) is 19.1 Å². The number of nitrogens with zero attached hydrogens (tertiary/aromatic N) is 1. The minimum absolute atomic E-state index is 0.00927. The molecule has 154 valence electrons. The highest BCUT2D eigenvalue weighted by Crippen LogP contribution is 2.39. The molecular weight excluding hydrogens is 374 g/mol. The molecule has 2 aromatic rings. The zero-order chi connectivity index (χ0) is 20.8. The molecule has 0 radical (unpaired) electrons. The molecule has 1 fully saturated rings. The predicted octanol–water partition coefficient (Wildman–Crippen LogP) is 3.53. The normalized spacial score (nSPS) is 18.4. The van der Waals surface area contributed by atoms with Crippen molar-refractivity contribution in [3.05, 3.63) is 59.6 Å². The molecule has 0 saturated carbocycles. The van der Waals surface area contributed by atoms with E-state index in [2.05, 4.69) is 0 Å². The molecule has 1 aromatic heterocycles. The van der Waals surface area contributed by atoms with E-state index in [1.54, 1.807) is 43.5 Å². The molecule has 1 N–H and O–H groups in total. The average Bonchev–Trinajstić information content (AvgIpc) is 3.34. The lowest BCUT2D eigenvalue weighted by Gasteiger charge is -2.23. The van der Waals surface area contributed by atoms with Gasteiger partial charge in [0.25, 0.3) is 11.7 Å². The van der Waals surface area contributed by atoms with Crippen LogP contribution in [-0.4, -0.2) is 48.6 Å². The first-order chi connectivity index (χ1) is 14.1. The van der Waals surface area contributed by atoms with Gasteiger partial charge in [0.15, 0.2) is 0 Å². The lowest BCUT2D eigenvalue weighted by molar-refractivity contribution is -0.140. The Bertz CT molecular complexity index is 886. The summed E-state index contributed by atoms with van der Waals surface area (Å²) in [7, 11) is 1.58. The number of carbonyl (C=O) groups excluding carboxylic acids is 2. The maximum absolute atomic E-state index is 12.8. The number of benzene rings is 1. The van der Waals surface area contributed by atoms with Gasteiger partial charge < -0.3 is 23.9 Å². The molecule has 1 aliphatic heterocycles. The van der Waals surface area contributed by atoms with Crippen molar-refractivity contribution in [2.75, 3.05) is 26.9 Å². The number of aliphatic hydroxyl groups excluding tert-OH is 1. The standard InChI is InChI=1S/C22H25NO6/c1-3-11-28-16-8-4-7-15(14-16)20(24)18-19(17-9-5-13-29-17)23(10-6-12-27-2)22(26)21(18)25/h4-5,7-9,13-14,19,24H,3,6,10-12H2,1-2H3/b20-18+. The third-order valence-corrected chi connectivity index (χ3v) is 4.68. The fraction of sp³-hybridized carbons (Fsp3) is 0.364. The van der Waals surface area contributed by atoms with Crippen molar-refractivity contribution in [2.45, 2.75) is 25.8 Å². The Morgan fingerprint density at radius 2 is 2.03 bits per heavy atom. The molecule has 2 heterocycles. The maximum atomic E-state index is 12.8. The van der Waals surface area contributed by atoms with Crippen molar-refractivity contribution in [1.29, 1.82) is 0 Å². The van der Waals surface area contributed by atoms with Gasteiger partial charge in [-0.05, 0) is 37.1 Å². The fourth-order valence-electron chi connectivity index (χ4n) is 3.34. The van der Waals surface area contributed by atoms with Crippen LogP contribution in [-0.2, 0) is 14.3 Å². The van der Waals surface area contributed by atoms with Crippen molar-refractivity contribution in [1.82, 2.24) is 4.90 Å². The van der Waals surface area contributed by atoms with E-state index in [4.69, 9.17) is 13.9 Å². The highest BCUT2D eigenvalue weighted by atomic mass is 16.5. The molecule has 1 atom stereocenters. The number of carbonyl (C=O) groups is 2. The highest BCUT2D eigenvalue weighted by molar-refractivity contribution is 6.46. The number of methoxy groups -OCH3 is 1. The van der Waals surface area contributed by atoms with Gasteiger partial charge in [0, 0.05) is 25.8 Å². The molecule has 0 aliphatic carbocycles. The minimum atomic E-state index is -0.790. The van der Waals surface area contributed by atoms with Crippen LogP contribution in [0.15, 0.2) is 52.7 Å². The molecule has 1 aliphatic rings. The second kappa shape index (κ2) is 9.43. The van der Waals surface area contributed by atoms with E-state index in [0.29, 0.717) is 43.3 Å². The molecule has 1 aromatic carbocycles. The largest absolute Gasteiger partial charge is 0.507 e. The number of Topliss-reactive ketones (excluding diaryl/α,β-unsaturated/α-hetero) is 1. The van der Waals surface area contributed by atoms with Crippen LogP contribution in [0.3, 0.4) is 0 Å². The second-order valence-corrected chi connectivity index (χ2v) is 6.73. The number of rotatable bonds is 9. The summed E-state index contributed by atoms with van der Waals surface area (Å²) in [5.41, 5.74) is 0.417. The van der Waals surface area contributed by atoms with Crippen LogP contribution in [0.2, 0.25) is 0 Å². The van der Waals surface area contributed by atoms with Crippen LogP contribution in [0.1, 0.15) is 37.1 Å². The Morgan fingerprint density at radius 3 is 2.72 bits per heavy atom. The van der Waals surface area contributed by atoms with Crippen LogP contribution in [0.5, 0.6) is 5.75 Å². The molecule has 1 saturated heterocycles. The van der Waals surface area contributed by atoms with E-state index in [9.17, 15) is 14.7 Å². The van der Waals surface area contributed by atoms with E-state index in [0.717, 1.165) is 6.42 Å². The van der Waals surface area contributed by atoms with Crippen molar-refractivity contribution in [3.63, 3.8) is 0 Å². The third-order valence-electron chi connectivity index (χ3n) is 4.68. The number of hydrogen-bond acceptors (Lipinski definition) is 6. The zero-order valence-corrected chi connectivity index (χ0v) is 16.6. The van der Waals surface area contributed by atoms with E-state index in [-0.39, 0.29) is 11.3 Å².